The maximum absolute atomic E-state index is 15.1. The molecular formula is C21H12F5N3O3S. The standard InChI is InChI=1S/C21H12F5N3O3S/c22-14-7-8-15(29-33(31,32)16-6-2-1-5-13(16)21(24,25)26)18(23)17(14)19(30)12-10-28-20-11(12)4-3-9-27-20/h1-10,29H,(H,27,28). The van der Waals surface area contributed by atoms with Gasteiger partial charge in [0.15, 0.2) is 5.82 Å². The normalized spacial score (nSPS) is 12.2. The summed E-state index contributed by atoms with van der Waals surface area (Å²) >= 11 is 0. The van der Waals surface area contributed by atoms with E-state index in [1.807, 2.05) is 0 Å². The summed E-state index contributed by atoms with van der Waals surface area (Å²) in [4.78, 5) is 18.4. The zero-order valence-corrected chi connectivity index (χ0v) is 17.1. The van der Waals surface area contributed by atoms with Crippen molar-refractivity contribution < 1.29 is 35.2 Å². The van der Waals surface area contributed by atoms with Gasteiger partial charge < -0.3 is 4.98 Å². The summed E-state index contributed by atoms with van der Waals surface area (Å²) in [7, 11) is -4.95. The van der Waals surface area contributed by atoms with Crippen LogP contribution in [-0.2, 0) is 16.2 Å². The summed E-state index contributed by atoms with van der Waals surface area (Å²) in [6, 6.07) is 7.60. The number of anilines is 1. The first kappa shape index (κ1) is 22.4. The molecule has 12 heteroatoms. The molecule has 0 bridgehead atoms. The minimum atomic E-state index is -5.00. The fourth-order valence-electron chi connectivity index (χ4n) is 3.25. The Bertz CT molecular complexity index is 1500. The van der Waals surface area contributed by atoms with E-state index in [1.54, 1.807) is 4.72 Å². The first-order chi connectivity index (χ1) is 15.5. The number of aromatic amines is 1. The number of alkyl halides is 3. The van der Waals surface area contributed by atoms with Gasteiger partial charge in [-0.25, -0.2) is 22.2 Å². The molecule has 0 aliphatic carbocycles. The molecule has 0 aliphatic rings. The number of rotatable bonds is 5. The van der Waals surface area contributed by atoms with Gasteiger partial charge in [0.25, 0.3) is 10.0 Å². The van der Waals surface area contributed by atoms with Crippen LogP contribution >= 0.6 is 0 Å². The van der Waals surface area contributed by atoms with Crippen molar-refractivity contribution in [1.29, 1.82) is 0 Å². The number of H-pyrrole nitrogens is 1. The molecule has 0 saturated heterocycles. The molecule has 2 N–H and O–H groups in total. The Balaban J connectivity index is 1.78. The number of halogens is 5. The zero-order chi connectivity index (χ0) is 24.0. The van der Waals surface area contributed by atoms with E-state index in [-0.39, 0.29) is 16.6 Å². The number of aromatic nitrogens is 2. The number of benzene rings is 2. The van der Waals surface area contributed by atoms with E-state index >= 15 is 4.39 Å². The summed E-state index contributed by atoms with van der Waals surface area (Å²) in [6.45, 7) is 0. The largest absolute Gasteiger partial charge is 0.417 e. The van der Waals surface area contributed by atoms with Crippen LogP contribution in [0.25, 0.3) is 11.0 Å². The Morgan fingerprint density at radius 2 is 1.73 bits per heavy atom. The van der Waals surface area contributed by atoms with Crippen molar-refractivity contribution in [3.8, 4) is 0 Å². The topological polar surface area (TPSA) is 91.9 Å². The fourth-order valence-corrected chi connectivity index (χ4v) is 4.54. The molecule has 6 nitrogen and oxygen atoms in total. The van der Waals surface area contributed by atoms with Gasteiger partial charge in [-0.3, -0.25) is 9.52 Å². The minimum absolute atomic E-state index is 0.127. The highest BCUT2D eigenvalue weighted by atomic mass is 32.2. The van der Waals surface area contributed by atoms with Crippen LogP contribution in [-0.4, -0.2) is 24.2 Å². The SMILES string of the molecule is O=C(c1c(F)ccc(NS(=O)(=O)c2ccccc2C(F)(F)F)c1F)c1c[nH]c2ncccc12. The lowest BCUT2D eigenvalue weighted by Gasteiger charge is -2.15. The molecule has 4 aromatic rings. The number of carbonyl (C=O) groups excluding carboxylic acids is 1. The summed E-state index contributed by atoms with van der Waals surface area (Å²) in [5.74, 6) is -3.97. The molecule has 0 amide bonds. The van der Waals surface area contributed by atoms with Crippen molar-refractivity contribution in [3.05, 3.63) is 89.2 Å². The molecule has 0 spiro atoms. The highest BCUT2D eigenvalue weighted by molar-refractivity contribution is 7.92. The lowest BCUT2D eigenvalue weighted by molar-refractivity contribution is -0.139. The number of pyridine rings is 1. The molecule has 2 aromatic carbocycles. The second-order valence-electron chi connectivity index (χ2n) is 6.81. The predicted molar refractivity (Wildman–Crippen MR) is 108 cm³/mol. The van der Waals surface area contributed by atoms with Gasteiger partial charge in [0.05, 0.1) is 21.7 Å². The number of hydrogen-bond donors (Lipinski definition) is 2. The lowest BCUT2D eigenvalue weighted by Crippen LogP contribution is -2.20. The van der Waals surface area contributed by atoms with Crippen LogP contribution in [0.3, 0.4) is 0 Å². The Kier molecular flexibility index (Phi) is 5.40. The molecule has 170 valence electrons. The first-order valence-electron chi connectivity index (χ1n) is 9.14. The van der Waals surface area contributed by atoms with Crippen LogP contribution in [0.15, 0.2) is 65.8 Å². The summed E-state index contributed by atoms with van der Waals surface area (Å²) in [5, 5.41) is 0.270. The molecule has 0 atom stereocenters. The van der Waals surface area contributed by atoms with E-state index < -0.39 is 55.3 Å². The van der Waals surface area contributed by atoms with Gasteiger partial charge in [0, 0.05) is 23.3 Å². The molecule has 0 unspecified atom stereocenters. The smallest absolute Gasteiger partial charge is 0.345 e. The molecule has 0 saturated carbocycles. The van der Waals surface area contributed by atoms with Crippen molar-refractivity contribution in [2.45, 2.75) is 11.1 Å². The third-order valence-electron chi connectivity index (χ3n) is 4.74. The van der Waals surface area contributed by atoms with Gasteiger partial charge in [-0.2, -0.15) is 13.2 Å². The van der Waals surface area contributed by atoms with Crippen LogP contribution in [0.2, 0.25) is 0 Å². The highest BCUT2D eigenvalue weighted by Crippen LogP contribution is 2.35. The number of fused-ring (bicyclic) bond motifs is 1. The molecule has 4 rings (SSSR count). The minimum Gasteiger partial charge on any atom is -0.345 e. The summed E-state index contributed by atoms with van der Waals surface area (Å²) in [6.07, 6.45) is -2.38. The molecule has 33 heavy (non-hydrogen) atoms. The van der Waals surface area contributed by atoms with E-state index in [0.29, 0.717) is 24.3 Å². The Labute approximate surface area is 183 Å². The number of nitrogens with zero attached hydrogens (tertiary/aromatic N) is 1. The maximum Gasteiger partial charge on any atom is 0.417 e. The van der Waals surface area contributed by atoms with E-state index in [0.717, 1.165) is 12.1 Å². The van der Waals surface area contributed by atoms with Gasteiger partial charge >= 0.3 is 6.18 Å². The van der Waals surface area contributed by atoms with Crippen molar-refractivity contribution in [2.24, 2.45) is 0 Å². The number of nitrogens with one attached hydrogen (secondary N) is 2. The third kappa shape index (κ3) is 4.04. The van der Waals surface area contributed by atoms with Gasteiger partial charge in [-0.1, -0.05) is 12.1 Å². The molecule has 0 fully saturated rings. The van der Waals surface area contributed by atoms with Gasteiger partial charge in [-0.05, 0) is 36.4 Å². The molecule has 0 aliphatic heterocycles. The second kappa shape index (κ2) is 7.96. The predicted octanol–water partition coefficient (Wildman–Crippen LogP) is 4.89. The summed E-state index contributed by atoms with van der Waals surface area (Å²) in [5.41, 5.74) is -3.29. The van der Waals surface area contributed by atoms with E-state index in [4.69, 9.17) is 0 Å². The van der Waals surface area contributed by atoms with E-state index in [1.165, 1.54) is 24.5 Å². The average molecular weight is 481 g/mol. The van der Waals surface area contributed by atoms with Crippen molar-refractivity contribution >= 4 is 32.5 Å². The number of sulfonamides is 1. The molecular weight excluding hydrogens is 469 g/mol. The Morgan fingerprint density at radius 1 is 1.00 bits per heavy atom. The lowest BCUT2D eigenvalue weighted by atomic mass is 10.0. The fraction of sp³-hybridized carbons (Fsp3) is 0.0476. The number of hydrogen-bond acceptors (Lipinski definition) is 4. The first-order valence-corrected chi connectivity index (χ1v) is 10.6. The molecule has 2 aromatic heterocycles. The third-order valence-corrected chi connectivity index (χ3v) is 6.16. The van der Waals surface area contributed by atoms with Gasteiger partial charge in [0.1, 0.15) is 11.5 Å². The van der Waals surface area contributed by atoms with Crippen LogP contribution in [0, 0.1) is 11.6 Å². The van der Waals surface area contributed by atoms with E-state index in [9.17, 15) is 30.8 Å². The van der Waals surface area contributed by atoms with Crippen LogP contribution < -0.4 is 4.72 Å². The monoisotopic (exact) mass is 481 g/mol. The molecule has 2 heterocycles. The maximum atomic E-state index is 15.1. The highest BCUT2D eigenvalue weighted by Gasteiger charge is 2.37. The van der Waals surface area contributed by atoms with Crippen molar-refractivity contribution in [1.82, 2.24) is 9.97 Å². The van der Waals surface area contributed by atoms with Gasteiger partial charge in [0.2, 0.25) is 5.78 Å². The van der Waals surface area contributed by atoms with Crippen molar-refractivity contribution in [3.63, 3.8) is 0 Å². The van der Waals surface area contributed by atoms with Crippen LogP contribution in [0.5, 0.6) is 0 Å². The number of ketones is 1. The quantitative estimate of drug-likeness (QED) is 0.314. The average Bonchev–Trinajstić information content (AvgIpc) is 3.19. The Morgan fingerprint density at radius 3 is 2.45 bits per heavy atom. The Hall–Kier alpha value is -3.80. The van der Waals surface area contributed by atoms with Gasteiger partial charge in [-0.15, -0.1) is 0 Å². The molecule has 0 radical (unpaired) electrons. The summed E-state index contributed by atoms with van der Waals surface area (Å²) < 4.78 is 96.2. The van der Waals surface area contributed by atoms with Crippen LogP contribution in [0.4, 0.5) is 27.6 Å². The second-order valence-corrected chi connectivity index (χ2v) is 8.47. The number of carbonyl (C=O) groups is 1. The zero-order valence-electron chi connectivity index (χ0n) is 16.2. The van der Waals surface area contributed by atoms with E-state index in [2.05, 4.69) is 9.97 Å². The van der Waals surface area contributed by atoms with Crippen molar-refractivity contribution in [2.75, 3.05) is 4.72 Å². The van der Waals surface area contributed by atoms with Crippen LogP contribution in [0.1, 0.15) is 21.5 Å².